The Labute approximate surface area is 345 Å². The fourth-order valence-electron chi connectivity index (χ4n) is 6.57. The molecule has 0 fully saturated rings. The Kier molecular flexibility index (Phi) is 17.7. The van der Waals surface area contributed by atoms with E-state index in [-0.39, 0.29) is 66.2 Å². The Hall–Kier alpha value is -6.69. The number of carbonyl (C=O) groups excluding carboxylic acids is 3. The molecule has 12 heteroatoms. The van der Waals surface area contributed by atoms with Crippen molar-refractivity contribution in [2.24, 2.45) is 5.73 Å². The van der Waals surface area contributed by atoms with Gasteiger partial charge in [0.2, 0.25) is 17.7 Å². The molecule has 6 aromatic carbocycles. The van der Waals surface area contributed by atoms with Crippen LogP contribution in [-0.4, -0.2) is 31.3 Å². The van der Waals surface area contributed by atoms with Crippen molar-refractivity contribution in [1.29, 1.82) is 0 Å². The highest BCUT2D eigenvalue weighted by Crippen LogP contribution is 2.31. The summed E-state index contributed by atoms with van der Waals surface area (Å²) in [5.41, 5.74) is 9.04. The van der Waals surface area contributed by atoms with Gasteiger partial charge < -0.3 is 16.4 Å². The molecule has 0 aliphatic rings. The third-order valence-electron chi connectivity index (χ3n) is 9.34. The SMILES string of the molecule is CCNC(=O)CC(c1cccc(F)c1)c1cccc(F)c1.CNC(=O)CC(c1cccc(F)c1)c1cccc(F)c1.NC(=O)CC(c1cccc(F)c1)c1cccc(F)c1. The van der Waals surface area contributed by atoms with E-state index in [0.717, 1.165) is 0 Å². The van der Waals surface area contributed by atoms with E-state index in [1.165, 1.54) is 79.8 Å². The van der Waals surface area contributed by atoms with Gasteiger partial charge in [-0.3, -0.25) is 14.4 Å². The molecule has 0 aliphatic carbocycles. The molecule has 3 amide bonds. The fourth-order valence-corrected chi connectivity index (χ4v) is 6.57. The van der Waals surface area contributed by atoms with Crippen molar-refractivity contribution in [3.63, 3.8) is 0 Å². The zero-order valence-electron chi connectivity index (χ0n) is 33.0. The second kappa shape index (κ2) is 23.0. The molecule has 0 heterocycles. The minimum absolute atomic E-state index is 0.00685. The molecule has 0 saturated carbocycles. The van der Waals surface area contributed by atoms with Crippen LogP contribution in [0.1, 0.15) is 77.3 Å². The topological polar surface area (TPSA) is 101 Å². The van der Waals surface area contributed by atoms with Gasteiger partial charge in [0.25, 0.3) is 0 Å². The standard InChI is InChI=1S/C17H17F2NO.C16H15F2NO.C15H13F2NO/c1-2-20-17(21)11-16(12-5-3-7-14(18)9-12)13-6-4-8-15(19)10-13;1-19-16(20)10-15(11-4-2-6-13(17)8-11)12-5-3-7-14(18)9-12;16-12-5-1-3-10(7-12)14(9-15(18)19)11-4-2-6-13(17)8-11/h3-10,16H,2,11H2,1H3,(H,20,21);2-9,15H,10H2,1H3,(H,19,20);1-8,14H,9H2,(H2,18,19). The van der Waals surface area contributed by atoms with E-state index in [9.17, 15) is 40.7 Å². The first-order chi connectivity index (χ1) is 28.8. The summed E-state index contributed by atoms with van der Waals surface area (Å²) in [5.74, 6) is -4.31. The Balaban J connectivity index is 0.000000199. The van der Waals surface area contributed by atoms with Gasteiger partial charge in [0.1, 0.15) is 34.9 Å². The number of hydrogen-bond acceptors (Lipinski definition) is 3. The molecule has 312 valence electrons. The number of hydrogen-bond donors (Lipinski definition) is 3. The molecule has 0 aromatic heterocycles. The molecule has 4 N–H and O–H groups in total. The molecule has 6 rings (SSSR count). The highest BCUT2D eigenvalue weighted by Gasteiger charge is 2.21. The van der Waals surface area contributed by atoms with Crippen molar-refractivity contribution >= 4 is 17.7 Å². The summed E-state index contributed by atoms with van der Waals surface area (Å²) in [6, 6.07) is 36.0. The van der Waals surface area contributed by atoms with Crippen LogP contribution in [0.25, 0.3) is 0 Å². The summed E-state index contributed by atoms with van der Waals surface area (Å²) < 4.78 is 80.1. The zero-order valence-corrected chi connectivity index (χ0v) is 33.0. The van der Waals surface area contributed by atoms with Gasteiger partial charge in [0.15, 0.2) is 0 Å². The third-order valence-corrected chi connectivity index (χ3v) is 9.34. The van der Waals surface area contributed by atoms with Crippen molar-refractivity contribution in [2.75, 3.05) is 13.6 Å². The van der Waals surface area contributed by atoms with Crippen LogP contribution in [0.5, 0.6) is 0 Å². The first-order valence-corrected chi connectivity index (χ1v) is 19.0. The Morgan fingerprint density at radius 2 is 0.700 bits per heavy atom. The number of primary amides is 1. The van der Waals surface area contributed by atoms with E-state index in [1.54, 1.807) is 72.8 Å². The first-order valence-electron chi connectivity index (χ1n) is 19.0. The zero-order chi connectivity index (χ0) is 43.6. The van der Waals surface area contributed by atoms with Crippen LogP contribution < -0.4 is 16.4 Å². The van der Waals surface area contributed by atoms with E-state index in [1.807, 2.05) is 6.92 Å². The molecule has 0 unspecified atom stereocenters. The van der Waals surface area contributed by atoms with Crippen LogP contribution in [0.4, 0.5) is 26.3 Å². The van der Waals surface area contributed by atoms with Gasteiger partial charge in [0.05, 0.1) is 0 Å². The quantitative estimate of drug-likeness (QED) is 0.101. The molecule has 6 aromatic rings. The largest absolute Gasteiger partial charge is 0.370 e. The van der Waals surface area contributed by atoms with Crippen LogP contribution in [0.3, 0.4) is 0 Å². The van der Waals surface area contributed by atoms with Gasteiger partial charge in [-0.15, -0.1) is 0 Å². The van der Waals surface area contributed by atoms with Crippen LogP contribution in [0.2, 0.25) is 0 Å². The second-order valence-corrected chi connectivity index (χ2v) is 13.7. The van der Waals surface area contributed by atoms with Crippen molar-refractivity contribution in [3.8, 4) is 0 Å². The summed E-state index contributed by atoms with van der Waals surface area (Å²) in [6.07, 6.45) is 0.303. The molecule has 0 aliphatic heterocycles. The molecular formula is C48H45F6N3O3. The number of nitrogens with two attached hydrogens (primary N) is 1. The summed E-state index contributed by atoms with van der Waals surface area (Å²) in [6.45, 7) is 2.36. The minimum Gasteiger partial charge on any atom is -0.370 e. The number of halogens is 6. The van der Waals surface area contributed by atoms with Crippen LogP contribution in [-0.2, 0) is 14.4 Å². The Morgan fingerprint density at radius 1 is 0.450 bits per heavy atom. The molecule has 60 heavy (non-hydrogen) atoms. The normalized spacial score (nSPS) is 10.7. The molecule has 0 bridgehead atoms. The maximum absolute atomic E-state index is 13.4. The number of amides is 3. The minimum atomic E-state index is -0.515. The van der Waals surface area contributed by atoms with Gasteiger partial charge in [-0.05, 0) is 113 Å². The third kappa shape index (κ3) is 14.6. The van der Waals surface area contributed by atoms with Crippen LogP contribution >= 0.6 is 0 Å². The summed E-state index contributed by atoms with van der Waals surface area (Å²) in [7, 11) is 1.54. The summed E-state index contributed by atoms with van der Waals surface area (Å²) in [4.78, 5) is 34.7. The lowest BCUT2D eigenvalue weighted by atomic mass is 9.88. The van der Waals surface area contributed by atoms with Gasteiger partial charge in [-0.1, -0.05) is 72.8 Å². The van der Waals surface area contributed by atoms with Crippen molar-refractivity contribution in [2.45, 2.75) is 43.9 Å². The van der Waals surface area contributed by atoms with Gasteiger partial charge in [0, 0.05) is 50.6 Å². The average Bonchev–Trinajstić information content (AvgIpc) is 3.21. The molecule has 0 radical (unpaired) electrons. The number of benzene rings is 6. The highest BCUT2D eigenvalue weighted by atomic mass is 19.1. The molecule has 0 atom stereocenters. The van der Waals surface area contributed by atoms with Gasteiger partial charge in [-0.2, -0.15) is 0 Å². The second-order valence-electron chi connectivity index (χ2n) is 13.7. The maximum atomic E-state index is 13.4. The Morgan fingerprint density at radius 3 is 0.917 bits per heavy atom. The van der Waals surface area contributed by atoms with Crippen LogP contribution in [0, 0.1) is 34.9 Å². The fraction of sp³-hybridized carbons (Fsp3) is 0.188. The molecule has 0 saturated heterocycles. The first kappa shape index (κ1) is 46.0. The number of nitrogens with one attached hydrogen (secondary N) is 2. The van der Waals surface area contributed by atoms with Crippen molar-refractivity contribution in [3.05, 3.63) is 214 Å². The number of carbonyl (C=O) groups is 3. The monoisotopic (exact) mass is 825 g/mol. The predicted octanol–water partition coefficient (Wildman–Crippen LogP) is 9.83. The average molecular weight is 826 g/mol. The highest BCUT2D eigenvalue weighted by molar-refractivity contribution is 5.78. The Bertz CT molecular complexity index is 2220. The van der Waals surface area contributed by atoms with E-state index >= 15 is 0 Å². The lowest BCUT2D eigenvalue weighted by molar-refractivity contribution is -0.121. The molecule has 6 nitrogen and oxygen atoms in total. The molecule has 0 spiro atoms. The summed E-state index contributed by atoms with van der Waals surface area (Å²) in [5, 5.41) is 5.26. The van der Waals surface area contributed by atoms with E-state index < -0.39 is 23.5 Å². The predicted molar refractivity (Wildman–Crippen MR) is 220 cm³/mol. The summed E-state index contributed by atoms with van der Waals surface area (Å²) >= 11 is 0. The smallest absolute Gasteiger partial charge is 0.220 e. The lowest BCUT2D eigenvalue weighted by Crippen LogP contribution is -2.25. The van der Waals surface area contributed by atoms with Crippen molar-refractivity contribution in [1.82, 2.24) is 10.6 Å². The van der Waals surface area contributed by atoms with E-state index in [0.29, 0.717) is 39.9 Å². The molecular weight excluding hydrogens is 781 g/mol. The van der Waals surface area contributed by atoms with Gasteiger partial charge in [-0.25, -0.2) is 26.3 Å². The van der Waals surface area contributed by atoms with Crippen molar-refractivity contribution < 1.29 is 40.7 Å². The van der Waals surface area contributed by atoms with Crippen LogP contribution in [0.15, 0.2) is 146 Å². The lowest BCUT2D eigenvalue weighted by Gasteiger charge is -2.18. The number of rotatable bonds is 13. The van der Waals surface area contributed by atoms with E-state index in [2.05, 4.69) is 10.6 Å². The van der Waals surface area contributed by atoms with E-state index in [4.69, 9.17) is 5.73 Å². The maximum Gasteiger partial charge on any atom is 0.220 e. The van der Waals surface area contributed by atoms with Gasteiger partial charge >= 0.3 is 0 Å².